The van der Waals surface area contributed by atoms with E-state index in [0.717, 1.165) is 35.5 Å². The number of thiazole rings is 1. The molecular formula is C23H31N5OS. The van der Waals surface area contributed by atoms with Crippen LogP contribution < -0.4 is 10.6 Å². The maximum atomic E-state index is 5.46. The van der Waals surface area contributed by atoms with E-state index in [1.54, 1.807) is 24.6 Å². The smallest absolute Gasteiger partial charge is 0.191 e. The van der Waals surface area contributed by atoms with Gasteiger partial charge >= 0.3 is 0 Å². The zero-order valence-electron chi connectivity index (χ0n) is 18.2. The number of guanidine groups is 1. The SMILES string of the molecule is CN=C(NCc1nc(C(C)C)cs1)NCc1ccccc1CN(C)Cc1ccco1. The van der Waals surface area contributed by atoms with E-state index in [-0.39, 0.29) is 0 Å². The number of rotatable bonds is 9. The van der Waals surface area contributed by atoms with Crippen molar-refractivity contribution in [3.8, 4) is 0 Å². The van der Waals surface area contributed by atoms with Crippen LogP contribution in [0.5, 0.6) is 0 Å². The van der Waals surface area contributed by atoms with Crippen LogP contribution in [-0.2, 0) is 26.2 Å². The molecule has 0 bridgehead atoms. The second-order valence-electron chi connectivity index (χ2n) is 7.62. The molecule has 0 radical (unpaired) electrons. The summed E-state index contributed by atoms with van der Waals surface area (Å²) in [5.41, 5.74) is 3.69. The van der Waals surface area contributed by atoms with Gasteiger partial charge in [-0.3, -0.25) is 9.89 Å². The number of hydrogen-bond donors (Lipinski definition) is 2. The van der Waals surface area contributed by atoms with Crippen molar-refractivity contribution in [2.75, 3.05) is 14.1 Å². The van der Waals surface area contributed by atoms with Crippen molar-refractivity contribution in [1.29, 1.82) is 0 Å². The van der Waals surface area contributed by atoms with Gasteiger partial charge in [-0.15, -0.1) is 11.3 Å². The molecule has 0 atom stereocenters. The molecule has 2 aromatic heterocycles. The van der Waals surface area contributed by atoms with Gasteiger partial charge in [0.15, 0.2) is 5.96 Å². The van der Waals surface area contributed by atoms with Crippen LogP contribution in [0.15, 0.2) is 57.5 Å². The zero-order chi connectivity index (χ0) is 21.3. The van der Waals surface area contributed by atoms with Gasteiger partial charge < -0.3 is 15.1 Å². The Balaban J connectivity index is 1.53. The number of aliphatic imine (C=N–C) groups is 1. The van der Waals surface area contributed by atoms with Gasteiger partial charge in [-0.1, -0.05) is 38.1 Å². The Bertz CT molecular complexity index is 933. The summed E-state index contributed by atoms with van der Waals surface area (Å²) >= 11 is 1.69. The minimum Gasteiger partial charge on any atom is -0.468 e. The van der Waals surface area contributed by atoms with Crippen molar-refractivity contribution in [3.63, 3.8) is 0 Å². The molecule has 7 heteroatoms. The highest BCUT2D eigenvalue weighted by Gasteiger charge is 2.09. The van der Waals surface area contributed by atoms with Crippen LogP contribution in [0.1, 0.15) is 47.4 Å². The van der Waals surface area contributed by atoms with Gasteiger partial charge in [0.2, 0.25) is 0 Å². The highest BCUT2D eigenvalue weighted by Crippen LogP contribution is 2.17. The van der Waals surface area contributed by atoms with Crippen LogP contribution in [0.2, 0.25) is 0 Å². The molecule has 3 rings (SSSR count). The first-order valence-corrected chi connectivity index (χ1v) is 11.1. The van der Waals surface area contributed by atoms with Gasteiger partial charge in [0.1, 0.15) is 10.8 Å². The highest BCUT2D eigenvalue weighted by atomic mass is 32.1. The first-order valence-electron chi connectivity index (χ1n) is 10.2. The maximum absolute atomic E-state index is 5.46. The lowest BCUT2D eigenvalue weighted by Gasteiger charge is -2.19. The minimum absolute atomic E-state index is 0.454. The monoisotopic (exact) mass is 425 g/mol. The fourth-order valence-corrected chi connectivity index (χ4v) is 4.03. The van der Waals surface area contributed by atoms with Crippen molar-refractivity contribution >= 4 is 17.3 Å². The van der Waals surface area contributed by atoms with Crippen LogP contribution in [0.4, 0.5) is 0 Å². The van der Waals surface area contributed by atoms with Crippen LogP contribution >= 0.6 is 11.3 Å². The van der Waals surface area contributed by atoms with Gasteiger partial charge in [-0.2, -0.15) is 0 Å². The molecule has 0 unspecified atom stereocenters. The fourth-order valence-electron chi connectivity index (χ4n) is 3.13. The lowest BCUT2D eigenvalue weighted by molar-refractivity contribution is 0.287. The van der Waals surface area contributed by atoms with Gasteiger partial charge in [-0.25, -0.2) is 4.98 Å². The Hall–Kier alpha value is -2.64. The quantitative estimate of drug-likeness (QED) is 0.394. The number of benzene rings is 1. The van der Waals surface area contributed by atoms with E-state index >= 15 is 0 Å². The van der Waals surface area contributed by atoms with Crippen molar-refractivity contribution in [2.45, 2.75) is 45.9 Å². The largest absolute Gasteiger partial charge is 0.468 e. The Kier molecular flexibility index (Phi) is 8.04. The molecule has 0 fully saturated rings. The second-order valence-corrected chi connectivity index (χ2v) is 8.56. The zero-order valence-corrected chi connectivity index (χ0v) is 19.0. The number of aromatic nitrogens is 1. The molecule has 0 saturated carbocycles. The number of hydrogen-bond acceptors (Lipinski definition) is 5. The van der Waals surface area contributed by atoms with E-state index in [2.05, 4.69) is 76.1 Å². The molecule has 3 aromatic rings. The van der Waals surface area contributed by atoms with E-state index in [1.807, 2.05) is 12.1 Å². The summed E-state index contributed by atoms with van der Waals surface area (Å²) in [6.07, 6.45) is 1.72. The van der Waals surface area contributed by atoms with Crippen LogP contribution in [0.25, 0.3) is 0 Å². The third-order valence-electron chi connectivity index (χ3n) is 4.80. The average Bonchev–Trinajstić information content (AvgIpc) is 3.41. The van der Waals surface area contributed by atoms with Crippen LogP contribution in [0.3, 0.4) is 0 Å². The van der Waals surface area contributed by atoms with E-state index < -0.39 is 0 Å². The van der Waals surface area contributed by atoms with E-state index in [1.165, 1.54) is 11.1 Å². The standard InChI is InChI=1S/C23H31N5OS/c1-17(2)21-16-30-22(27-21)13-26-23(24-3)25-12-18-8-5-6-9-19(18)14-28(4)15-20-10-7-11-29-20/h5-11,16-17H,12-15H2,1-4H3,(H2,24,25,26). The first kappa shape index (κ1) is 22.1. The topological polar surface area (TPSA) is 65.7 Å². The molecule has 2 heterocycles. The summed E-state index contributed by atoms with van der Waals surface area (Å²) in [6, 6.07) is 12.4. The molecule has 0 saturated heterocycles. The van der Waals surface area contributed by atoms with Crippen LogP contribution in [-0.4, -0.2) is 29.9 Å². The average molecular weight is 426 g/mol. The Morgan fingerprint density at radius 1 is 1.10 bits per heavy atom. The predicted molar refractivity (Wildman–Crippen MR) is 124 cm³/mol. The lowest BCUT2D eigenvalue weighted by atomic mass is 10.1. The predicted octanol–water partition coefficient (Wildman–Crippen LogP) is 4.36. The van der Waals surface area contributed by atoms with Crippen molar-refractivity contribution in [1.82, 2.24) is 20.5 Å². The summed E-state index contributed by atoms with van der Waals surface area (Å²) in [5.74, 6) is 2.20. The molecular weight excluding hydrogens is 394 g/mol. The maximum Gasteiger partial charge on any atom is 0.191 e. The van der Waals surface area contributed by atoms with E-state index in [9.17, 15) is 0 Å². The van der Waals surface area contributed by atoms with Crippen LogP contribution in [0, 0.1) is 0 Å². The highest BCUT2D eigenvalue weighted by molar-refractivity contribution is 7.09. The third-order valence-corrected chi connectivity index (χ3v) is 5.67. The summed E-state index contributed by atoms with van der Waals surface area (Å²) in [6.45, 7) is 7.34. The molecule has 0 aliphatic heterocycles. The molecule has 6 nitrogen and oxygen atoms in total. The summed E-state index contributed by atoms with van der Waals surface area (Å²) in [5, 5.41) is 9.99. The molecule has 0 aliphatic rings. The number of nitrogens with zero attached hydrogens (tertiary/aromatic N) is 3. The van der Waals surface area contributed by atoms with Crippen molar-refractivity contribution < 1.29 is 4.42 Å². The number of furan rings is 1. The first-order chi connectivity index (χ1) is 14.5. The molecule has 1 aromatic carbocycles. The molecule has 2 N–H and O–H groups in total. The number of nitrogens with one attached hydrogen (secondary N) is 2. The summed E-state index contributed by atoms with van der Waals surface area (Å²) < 4.78 is 5.46. The molecule has 0 amide bonds. The third kappa shape index (κ3) is 6.43. The van der Waals surface area contributed by atoms with E-state index in [4.69, 9.17) is 4.42 Å². The van der Waals surface area contributed by atoms with Gasteiger partial charge in [0.05, 0.1) is 25.0 Å². The minimum atomic E-state index is 0.454. The van der Waals surface area contributed by atoms with E-state index in [0.29, 0.717) is 19.0 Å². The normalized spacial score (nSPS) is 12.0. The molecule has 0 aliphatic carbocycles. The summed E-state index contributed by atoms with van der Waals surface area (Å²) in [4.78, 5) is 11.3. The summed E-state index contributed by atoms with van der Waals surface area (Å²) in [7, 11) is 3.90. The van der Waals surface area contributed by atoms with Gasteiger partial charge in [-0.05, 0) is 36.2 Å². The Labute approximate surface area is 183 Å². The Morgan fingerprint density at radius 2 is 1.87 bits per heavy atom. The fraction of sp³-hybridized carbons (Fsp3) is 0.391. The van der Waals surface area contributed by atoms with Crippen molar-refractivity contribution in [3.05, 3.63) is 75.6 Å². The molecule has 0 spiro atoms. The second kappa shape index (κ2) is 10.9. The molecule has 30 heavy (non-hydrogen) atoms. The van der Waals surface area contributed by atoms with Gasteiger partial charge in [0.25, 0.3) is 0 Å². The van der Waals surface area contributed by atoms with Crippen molar-refractivity contribution in [2.24, 2.45) is 4.99 Å². The lowest BCUT2D eigenvalue weighted by Crippen LogP contribution is -2.36. The molecule has 160 valence electrons. The van der Waals surface area contributed by atoms with Gasteiger partial charge in [0, 0.05) is 25.5 Å². The Morgan fingerprint density at radius 3 is 2.53 bits per heavy atom.